The summed E-state index contributed by atoms with van der Waals surface area (Å²) >= 11 is 1.38. The highest BCUT2D eigenvalue weighted by Gasteiger charge is 2.10. The SMILES string of the molecule is CC(C)CNCc1snnc1-c1ccc(F)cc1. The summed E-state index contributed by atoms with van der Waals surface area (Å²) in [5.41, 5.74) is 1.75. The van der Waals surface area contributed by atoms with Crippen LogP contribution in [0.15, 0.2) is 24.3 Å². The van der Waals surface area contributed by atoms with Crippen molar-refractivity contribution in [3.8, 4) is 11.3 Å². The van der Waals surface area contributed by atoms with Gasteiger partial charge in [0.25, 0.3) is 0 Å². The van der Waals surface area contributed by atoms with E-state index in [2.05, 4.69) is 28.8 Å². The van der Waals surface area contributed by atoms with Crippen LogP contribution in [0.1, 0.15) is 18.7 Å². The van der Waals surface area contributed by atoms with Gasteiger partial charge in [0.1, 0.15) is 11.5 Å². The van der Waals surface area contributed by atoms with Crippen LogP contribution in [0.2, 0.25) is 0 Å². The molecule has 5 heteroatoms. The van der Waals surface area contributed by atoms with Crippen molar-refractivity contribution in [2.75, 3.05) is 6.54 Å². The van der Waals surface area contributed by atoms with Crippen LogP contribution in [0.25, 0.3) is 11.3 Å². The average Bonchev–Trinajstić information content (AvgIpc) is 2.78. The van der Waals surface area contributed by atoms with Gasteiger partial charge in [-0.05, 0) is 48.3 Å². The van der Waals surface area contributed by atoms with E-state index in [0.717, 1.165) is 29.2 Å². The van der Waals surface area contributed by atoms with E-state index in [1.54, 1.807) is 12.1 Å². The Hall–Kier alpha value is -1.33. The quantitative estimate of drug-likeness (QED) is 0.902. The van der Waals surface area contributed by atoms with Gasteiger partial charge in [0.2, 0.25) is 0 Å². The summed E-state index contributed by atoms with van der Waals surface area (Å²) in [6.07, 6.45) is 0. The van der Waals surface area contributed by atoms with Gasteiger partial charge in [-0.15, -0.1) is 5.10 Å². The maximum absolute atomic E-state index is 12.9. The summed E-state index contributed by atoms with van der Waals surface area (Å²) in [5.74, 6) is 0.376. The Morgan fingerprint density at radius 2 is 2.00 bits per heavy atom. The Balaban J connectivity index is 2.10. The first-order valence-corrected chi connectivity index (χ1v) is 6.72. The predicted molar refractivity (Wildman–Crippen MR) is 71.8 cm³/mol. The van der Waals surface area contributed by atoms with Crippen molar-refractivity contribution in [3.63, 3.8) is 0 Å². The van der Waals surface area contributed by atoms with Gasteiger partial charge in [0.15, 0.2) is 0 Å². The summed E-state index contributed by atoms with van der Waals surface area (Å²) in [6.45, 7) is 6.04. The molecule has 1 N–H and O–H groups in total. The van der Waals surface area contributed by atoms with Crippen LogP contribution in [-0.4, -0.2) is 16.1 Å². The van der Waals surface area contributed by atoms with Crippen molar-refractivity contribution in [1.82, 2.24) is 14.9 Å². The van der Waals surface area contributed by atoms with E-state index in [1.165, 1.54) is 23.7 Å². The molecule has 0 spiro atoms. The maximum Gasteiger partial charge on any atom is 0.123 e. The highest BCUT2D eigenvalue weighted by molar-refractivity contribution is 7.05. The van der Waals surface area contributed by atoms with Gasteiger partial charge < -0.3 is 5.32 Å². The topological polar surface area (TPSA) is 37.8 Å². The zero-order chi connectivity index (χ0) is 13.0. The van der Waals surface area contributed by atoms with Gasteiger partial charge in [-0.1, -0.05) is 18.3 Å². The van der Waals surface area contributed by atoms with Crippen LogP contribution in [0, 0.1) is 11.7 Å². The third-order valence-corrected chi connectivity index (χ3v) is 3.23. The molecule has 1 aromatic carbocycles. The molecule has 2 rings (SSSR count). The summed E-state index contributed by atoms with van der Waals surface area (Å²) in [6, 6.07) is 6.36. The fourth-order valence-electron chi connectivity index (χ4n) is 1.63. The molecule has 0 saturated carbocycles. The van der Waals surface area contributed by atoms with E-state index in [1.807, 2.05) is 0 Å². The number of hydrogen-bond acceptors (Lipinski definition) is 4. The zero-order valence-electron chi connectivity index (χ0n) is 10.5. The fraction of sp³-hybridized carbons (Fsp3) is 0.385. The third-order valence-electron chi connectivity index (χ3n) is 2.51. The lowest BCUT2D eigenvalue weighted by Crippen LogP contribution is -2.18. The molecule has 0 amide bonds. The highest BCUT2D eigenvalue weighted by Crippen LogP contribution is 2.23. The van der Waals surface area contributed by atoms with Gasteiger partial charge in [-0.2, -0.15) is 0 Å². The predicted octanol–water partition coefficient (Wildman–Crippen LogP) is 3.09. The Morgan fingerprint density at radius 3 is 2.67 bits per heavy atom. The van der Waals surface area contributed by atoms with Crippen molar-refractivity contribution in [2.45, 2.75) is 20.4 Å². The first kappa shape index (κ1) is 13.1. The molecule has 0 atom stereocenters. The Labute approximate surface area is 110 Å². The normalized spacial score (nSPS) is 11.1. The highest BCUT2D eigenvalue weighted by atomic mass is 32.1. The Bertz CT molecular complexity index is 493. The van der Waals surface area contributed by atoms with E-state index in [0.29, 0.717) is 5.92 Å². The van der Waals surface area contributed by atoms with E-state index in [4.69, 9.17) is 0 Å². The number of nitrogens with zero attached hydrogens (tertiary/aromatic N) is 2. The van der Waals surface area contributed by atoms with Crippen molar-refractivity contribution >= 4 is 11.5 Å². The maximum atomic E-state index is 12.9. The minimum absolute atomic E-state index is 0.235. The second kappa shape index (κ2) is 6.02. The molecule has 0 aliphatic rings. The third kappa shape index (κ3) is 3.34. The molecule has 1 aromatic heterocycles. The van der Waals surface area contributed by atoms with Crippen LogP contribution in [0.4, 0.5) is 4.39 Å². The lowest BCUT2D eigenvalue weighted by Gasteiger charge is -2.06. The number of hydrogen-bond donors (Lipinski definition) is 1. The molecule has 0 unspecified atom stereocenters. The van der Waals surface area contributed by atoms with Crippen LogP contribution in [-0.2, 0) is 6.54 Å². The standard InChI is InChI=1S/C13H16FN3S/c1-9(2)7-15-8-12-13(16-17-18-12)10-3-5-11(14)6-4-10/h3-6,9,15H,7-8H2,1-2H3. The molecule has 2 aromatic rings. The molecule has 0 fully saturated rings. The largest absolute Gasteiger partial charge is 0.311 e. The molecule has 18 heavy (non-hydrogen) atoms. The smallest absolute Gasteiger partial charge is 0.123 e. The summed E-state index contributed by atoms with van der Waals surface area (Å²) in [7, 11) is 0. The first-order chi connectivity index (χ1) is 8.66. The lowest BCUT2D eigenvalue weighted by molar-refractivity contribution is 0.555. The van der Waals surface area contributed by atoms with Gasteiger partial charge in [0.05, 0.1) is 4.88 Å². The average molecular weight is 265 g/mol. The van der Waals surface area contributed by atoms with Gasteiger partial charge in [-0.3, -0.25) is 0 Å². The van der Waals surface area contributed by atoms with E-state index in [-0.39, 0.29) is 5.82 Å². The molecule has 0 aliphatic carbocycles. The minimum atomic E-state index is -0.235. The molecule has 0 aliphatic heterocycles. The van der Waals surface area contributed by atoms with Crippen LogP contribution in [0.3, 0.4) is 0 Å². The fourth-order valence-corrected chi connectivity index (χ4v) is 2.26. The Kier molecular flexibility index (Phi) is 4.38. The van der Waals surface area contributed by atoms with Gasteiger partial charge >= 0.3 is 0 Å². The van der Waals surface area contributed by atoms with E-state index in [9.17, 15) is 4.39 Å². The van der Waals surface area contributed by atoms with Crippen LogP contribution >= 0.6 is 11.5 Å². The van der Waals surface area contributed by atoms with Crippen molar-refractivity contribution < 1.29 is 4.39 Å². The number of halogens is 1. The van der Waals surface area contributed by atoms with Gasteiger partial charge in [0, 0.05) is 12.1 Å². The number of benzene rings is 1. The second-order valence-corrected chi connectivity index (χ2v) is 5.42. The van der Waals surface area contributed by atoms with Crippen LogP contribution in [0.5, 0.6) is 0 Å². The van der Waals surface area contributed by atoms with E-state index < -0.39 is 0 Å². The Morgan fingerprint density at radius 1 is 1.28 bits per heavy atom. The van der Waals surface area contributed by atoms with E-state index >= 15 is 0 Å². The van der Waals surface area contributed by atoms with Crippen molar-refractivity contribution in [3.05, 3.63) is 35.0 Å². The molecule has 1 heterocycles. The number of nitrogens with one attached hydrogen (secondary N) is 1. The zero-order valence-corrected chi connectivity index (χ0v) is 11.3. The molecular formula is C13H16FN3S. The monoisotopic (exact) mass is 265 g/mol. The minimum Gasteiger partial charge on any atom is -0.311 e. The number of rotatable bonds is 5. The first-order valence-electron chi connectivity index (χ1n) is 5.94. The molecule has 3 nitrogen and oxygen atoms in total. The lowest BCUT2D eigenvalue weighted by atomic mass is 10.1. The molecule has 0 radical (unpaired) electrons. The van der Waals surface area contributed by atoms with Crippen molar-refractivity contribution in [1.29, 1.82) is 0 Å². The molecule has 0 saturated heterocycles. The molecular weight excluding hydrogens is 249 g/mol. The second-order valence-electron chi connectivity index (χ2n) is 4.58. The molecule has 96 valence electrons. The summed E-state index contributed by atoms with van der Waals surface area (Å²) < 4.78 is 16.9. The van der Waals surface area contributed by atoms with Crippen molar-refractivity contribution in [2.24, 2.45) is 5.92 Å². The van der Waals surface area contributed by atoms with Crippen LogP contribution < -0.4 is 5.32 Å². The summed E-state index contributed by atoms with van der Waals surface area (Å²) in [4.78, 5) is 1.09. The summed E-state index contributed by atoms with van der Waals surface area (Å²) in [5, 5.41) is 7.49. The number of aromatic nitrogens is 2. The van der Waals surface area contributed by atoms with Gasteiger partial charge in [-0.25, -0.2) is 4.39 Å². The molecule has 0 bridgehead atoms.